The van der Waals surface area contributed by atoms with Gasteiger partial charge in [-0.15, -0.1) is 0 Å². The van der Waals surface area contributed by atoms with E-state index in [0.717, 1.165) is 17.1 Å². The van der Waals surface area contributed by atoms with Gasteiger partial charge in [-0.1, -0.05) is 178 Å². The third kappa shape index (κ3) is 6.58. The van der Waals surface area contributed by atoms with E-state index in [9.17, 15) is 0 Å². The van der Waals surface area contributed by atoms with Crippen LogP contribution in [0.4, 0.5) is 17.1 Å². The molecule has 0 N–H and O–H groups in total. The van der Waals surface area contributed by atoms with Gasteiger partial charge in [0.15, 0.2) is 0 Å². The van der Waals surface area contributed by atoms with Crippen molar-refractivity contribution in [3.8, 4) is 11.1 Å². The van der Waals surface area contributed by atoms with Crippen molar-refractivity contribution in [2.45, 2.75) is 38.0 Å². The van der Waals surface area contributed by atoms with Gasteiger partial charge in [-0.2, -0.15) is 0 Å². The molecule has 1 unspecified atom stereocenters. The standard InChI is InChI=1S/C48H43N/c1-36(2)37-26-32-45(33-27-37)49(44-22-14-7-15-23-44)46-34-28-39(29-35-46)38-24-30-43(31-25-38)48(3,42-20-12-6-13-21-42)47(40-16-8-4-9-17-40)41-18-10-5-11-19-41/h4-36,47H,1-3H3. The summed E-state index contributed by atoms with van der Waals surface area (Å²) in [4.78, 5) is 2.33. The summed E-state index contributed by atoms with van der Waals surface area (Å²) in [6, 6.07) is 70.7. The van der Waals surface area contributed by atoms with Crippen LogP contribution in [-0.4, -0.2) is 0 Å². The summed E-state index contributed by atoms with van der Waals surface area (Å²) in [6.45, 7) is 6.88. The molecule has 0 aliphatic rings. The molecule has 7 aromatic carbocycles. The van der Waals surface area contributed by atoms with E-state index < -0.39 is 0 Å². The monoisotopic (exact) mass is 633 g/mol. The zero-order valence-corrected chi connectivity index (χ0v) is 28.6. The Hall–Kier alpha value is -5.66. The van der Waals surface area contributed by atoms with E-state index >= 15 is 0 Å². The van der Waals surface area contributed by atoms with Crippen molar-refractivity contribution in [1.29, 1.82) is 0 Å². The molecular weight excluding hydrogens is 591 g/mol. The van der Waals surface area contributed by atoms with Crippen molar-refractivity contribution in [1.82, 2.24) is 0 Å². The number of anilines is 3. The second-order valence-corrected chi connectivity index (χ2v) is 13.4. The fraction of sp³-hybridized carbons (Fsp3) is 0.125. The molecule has 7 rings (SSSR count). The zero-order chi connectivity index (χ0) is 33.6. The van der Waals surface area contributed by atoms with Gasteiger partial charge in [0, 0.05) is 28.4 Å². The molecule has 0 aromatic heterocycles. The highest BCUT2D eigenvalue weighted by atomic mass is 15.1. The molecule has 0 heterocycles. The summed E-state index contributed by atoms with van der Waals surface area (Å²) in [5, 5.41) is 0. The number of hydrogen-bond donors (Lipinski definition) is 0. The molecule has 7 aromatic rings. The van der Waals surface area contributed by atoms with Crippen LogP contribution in [0.2, 0.25) is 0 Å². The van der Waals surface area contributed by atoms with Crippen LogP contribution in [0.3, 0.4) is 0 Å². The second kappa shape index (κ2) is 14.2. The largest absolute Gasteiger partial charge is 0.311 e. The van der Waals surface area contributed by atoms with E-state index in [2.05, 4.69) is 220 Å². The first-order valence-corrected chi connectivity index (χ1v) is 17.3. The van der Waals surface area contributed by atoms with Crippen molar-refractivity contribution < 1.29 is 0 Å². The van der Waals surface area contributed by atoms with Crippen LogP contribution in [0.15, 0.2) is 194 Å². The maximum Gasteiger partial charge on any atom is 0.0462 e. The second-order valence-electron chi connectivity index (χ2n) is 13.4. The smallest absolute Gasteiger partial charge is 0.0462 e. The summed E-state index contributed by atoms with van der Waals surface area (Å²) in [5.74, 6) is 0.624. The first kappa shape index (κ1) is 31.9. The van der Waals surface area contributed by atoms with Gasteiger partial charge in [-0.05, 0) is 81.3 Å². The van der Waals surface area contributed by atoms with Gasteiger partial charge in [0.2, 0.25) is 0 Å². The average molecular weight is 634 g/mol. The molecule has 0 bridgehead atoms. The van der Waals surface area contributed by atoms with Crippen LogP contribution >= 0.6 is 0 Å². The summed E-state index contributed by atoms with van der Waals surface area (Å²) in [7, 11) is 0. The summed E-state index contributed by atoms with van der Waals surface area (Å²) >= 11 is 0. The molecule has 0 aliphatic heterocycles. The number of para-hydroxylation sites is 1. The lowest BCUT2D eigenvalue weighted by molar-refractivity contribution is 0.498. The highest BCUT2D eigenvalue weighted by Gasteiger charge is 2.39. The molecule has 0 saturated heterocycles. The lowest BCUT2D eigenvalue weighted by atomic mass is 9.62. The van der Waals surface area contributed by atoms with E-state index in [-0.39, 0.29) is 11.3 Å². The average Bonchev–Trinajstić information content (AvgIpc) is 3.17. The molecule has 240 valence electrons. The fourth-order valence-electron chi connectivity index (χ4n) is 7.28. The number of nitrogens with zero attached hydrogens (tertiary/aromatic N) is 1. The normalized spacial score (nSPS) is 12.5. The summed E-state index contributed by atoms with van der Waals surface area (Å²) in [6.07, 6.45) is 0. The predicted molar refractivity (Wildman–Crippen MR) is 208 cm³/mol. The van der Waals surface area contributed by atoms with Crippen molar-refractivity contribution in [2.75, 3.05) is 4.90 Å². The molecule has 0 spiro atoms. The van der Waals surface area contributed by atoms with Gasteiger partial charge in [-0.3, -0.25) is 0 Å². The lowest BCUT2D eigenvalue weighted by Crippen LogP contribution is -2.32. The van der Waals surface area contributed by atoms with Crippen molar-refractivity contribution in [3.63, 3.8) is 0 Å². The Balaban J connectivity index is 1.25. The molecule has 1 heteroatoms. The zero-order valence-electron chi connectivity index (χ0n) is 28.6. The van der Waals surface area contributed by atoms with Crippen molar-refractivity contribution in [3.05, 3.63) is 222 Å². The fourth-order valence-corrected chi connectivity index (χ4v) is 7.28. The summed E-state index contributed by atoms with van der Waals surface area (Å²) < 4.78 is 0. The highest BCUT2D eigenvalue weighted by Crippen LogP contribution is 2.48. The van der Waals surface area contributed by atoms with Crippen LogP contribution in [0.1, 0.15) is 60.4 Å². The van der Waals surface area contributed by atoms with Crippen molar-refractivity contribution >= 4 is 17.1 Å². The Kier molecular flexibility index (Phi) is 9.26. The van der Waals surface area contributed by atoms with E-state index in [0.29, 0.717) is 5.92 Å². The molecule has 0 fully saturated rings. The maximum absolute atomic E-state index is 2.41. The quantitative estimate of drug-likeness (QED) is 0.145. The van der Waals surface area contributed by atoms with Gasteiger partial charge >= 0.3 is 0 Å². The van der Waals surface area contributed by atoms with E-state index in [1.165, 1.54) is 38.9 Å². The van der Waals surface area contributed by atoms with Crippen molar-refractivity contribution in [2.24, 2.45) is 0 Å². The van der Waals surface area contributed by atoms with Gasteiger partial charge in [0.1, 0.15) is 0 Å². The lowest BCUT2D eigenvalue weighted by Gasteiger charge is -2.40. The maximum atomic E-state index is 2.41. The Bertz CT molecular complexity index is 2010. The Morgan fingerprint density at radius 1 is 0.367 bits per heavy atom. The number of hydrogen-bond acceptors (Lipinski definition) is 1. The summed E-state index contributed by atoms with van der Waals surface area (Å²) in [5.41, 5.74) is 12.1. The minimum atomic E-state index is -0.312. The Labute approximate surface area is 292 Å². The third-order valence-corrected chi connectivity index (χ3v) is 9.99. The number of benzene rings is 7. The van der Waals surface area contributed by atoms with Crippen LogP contribution in [0.5, 0.6) is 0 Å². The SMILES string of the molecule is CC(C)c1ccc(N(c2ccccc2)c2ccc(-c3ccc(C(C)(c4ccccc4)C(c4ccccc4)c4ccccc4)cc3)cc2)cc1. The predicted octanol–water partition coefficient (Wildman–Crippen LogP) is 13.1. The molecule has 0 saturated carbocycles. The molecule has 49 heavy (non-hydrogen) atoms. The minimum Gasteiger partial charge on any atom is -0.311 e. The Morgan fingerprint density at radius 2 is 0.735 bits per heavy atom. The van der Waals surface area contributed by atoms with E-state index in [1.807, 2.05) is 0 Å². The van der Waals surface area contributed by atoms with Crippen LogP contribution in [-0.2, 0) is 5.41 Å². The van der Waals surface area contributed by atoms with Crippen LogP contribution < -0.4 is 4.90 Å². The Morgan fingerprint density at radius 3 is 1.20 bits per heavy atom. The molecule has 0 radical (unpaired) electrons. The van der Waals surface area contributed by atoms with Gasteiger partial charge < -0.3 is 4.90 Å². The van der Waals surface area contributed by atoms with Gasteiger partial charge in [0.25, 0.3) is 0 Å². The first-order valence-electron chi connectivity index (χ1n) is 17.3. The van der Waals surface area contributed by atoms with Gasteiger partial charge in [0.05, 0.1) is 0 Å². The van der Waals surface area contributed by atoms with E-state index in [4.69, 9.17) is 0 Å². The third-order valence-electron chi connectivity index (χ3n) is 9.99. The molecular formula is C48H43N. The number of rotatable bonds is 10. The molecule has 1 atom stereocenters. The van der Waals surface area contributed by atoms with Crippen LogP contribution in [0.25, 0.3) is 11.1 Å². The van der Waals surface area contributed by atoms with Crippen LogP contribution in [0, 0.1) is 0 Å². The minimum absolute atomic E-state index is 0.126. The topological polar surface area (TPSA) is 3.24 Å². The van der Waals surface area contributed by atoms with Gasteiger partial charge in [-0.25, -0.2) is 0 Å². The molecule has 1 nitrogen and oxygen atoms in total. The highest BCUT2D eigenvalue weighted by molar-refractivity contribution is 5.78. The molecule has 0 aliphatic carbocycles. The first-order chi connectivity index (χ1) is 24.0. The van der Waals surface area contributed by atoms with E-state index in [1.54, 1.807) is 0 Å². The molecule has 0 amide bonds.